The standard InChI is InChI=1S/C22H32FN3O4/c23-16-7-4-8-17(11-16)25-22(29)26-19-10-9-18(30-20(19)14-27)12-21(28)24-13-15-5-2-1-3-6-15/h4,7-8,11,15,18-20,27H,1-3,5-6,9-10,12-14H2,(H,24,28)(H2,25,26,29)/t18-,19-,20-/m0/s1. The Morgan fingerprint density at radius 2 is 1.93 bits per heavy atom. The molecule has 1 heterocycles. The molecule has 1 saturated carbocycles. The number of urea groups is 1. The fourth-order valence-electron chi connectivity index (χ4n) is 4.28. The number of carbonyl (C=O) groups excluding carboxylic acids is 2. The second kappa shape index (κ2) is 11.3. The molecule has 1 aromatic rings. The van der Waals surface area contributed by atoms with Crippen LogP contribution in [0.5, 0.6) is 0 Å². The van der Waals surface area contributed by atoms with Gasteiger partial charge in [0.05, 0.1) is 25.2 Å². The van der Waals surface area contributed by atoms with Crippen molar-refractivity contribution in [1.29, 1.82) is 0 Å². The Labute approximate surface area is 176 Å². The van der Waals surface area contributed by atoms with E-state index >= 15 is 0 Å². The minimum Gasteiger partial charge on any atom is -0.394 e. The Morgan fingerprint density at radius 3 is 2.67 bits per heavy atom. The largest absolute Gasteiger partial charge is 0.394 e. The van der Waals surface area contributed by atoms with Crippen molar-refractivity contribution in [3.05, 3.63) is 30.1 Å². The van der Waals surface area contributed by atoms with E-state index in [1.54, 1.807) is 6.07 Å². The Bertz CT molecular complexity index is 711. The molecule has 4 N–H and O–H groups in total. The van der Waals surface area contributed by atoms with E-state index in [0.29, 0.717) is 24.4 Å². The number of halogens is 1. The van der Waals surface area contributed by atoms with E-state index in [1.165, 1.54) is 50.3 Å². The zero-order valence-electron chi connectivity index (χ0n) is 17.2. The summed E-state index contributed by atoms with van der Waals surface area (Å²) in [5.41, 5.74) is 0.345. The van der Waals surface area contributed by atoms with E-state index in [0.717, 1.165) is 6.54 Å². The number of aliphatic hydroxyl groups excluding tert-OH is 1. The Kier molecular flexibility index (Phi) is 8.45. The van der Waals surface area contributed by atoms with Gasteiger partial charge < -0.3 is 25.8 Å². The van der Waals surface area contributed by atoms with Crippen LogP contribution >= 0.6 is 0 Å². The second-order valence-electron chi connectivity index (χ2n) is 8.28. The van der Waals surface area contributed by atoms with Gasteiger partial charge in [0.25, 0.3) is 0 Å². The average Bonchev–Trinajstić information content (AvgIpc) is 2.74. The third-order valence-electron chi connectivity index (χ3n) is 5.92. The van der Waals surface area contributed by atoms with Crippen LogP contribution in [0, 0.1) is 11.7 Å². The molecule has 1 aliphatic carbocycles. The van der Waals surface area contributed by atoms with Gasteiger partial charge >= 0.3 is 6.03 Å². The van der Waals surface area contributed by atoms with Crippen molar-refractivity contribution in [3.63, 3.8) is 0 Å². The van der Waals surface area contributed by atoms with Gasteiger partial charge in [-0.05, 0) is 49.8 Å². The molecule has 30 heavy (non-hydrogen) atoms. The minimum absolute atomic E-state index is 0.0301. The summed E-state index contributed by atoms with van der Waals surface area (Å²) < 4.78 is 19.1. The molecular weight excluding hydrogens is 389 g/mol. The zero-order valence-corrected chi connectivity index (χ0v) is 17.2. The van der Waals surface area contributed by atoms with Gasteiger partial charge in [-0.15, -0.1) is 0 Å². The highest BCUT2D eigenvalue weighted by Gasteiger charge is 2.33. The first-order valence-corrected chi connectivity index (χ1v) is 10.9. The van der Waals surface area contributed by atoms with Gasteiger partial charge in [-0.1, -0.05) is 25.3 Å². The van der Waals surface area contributed by atoms with Crippen LogP contribution in [0.3, 0.4) is 0 Å². The molecule has 3 atom stereocenters. The summed E-state index contributed by atoms with van der Waals surface area (Å²) in [5.74, 6) is 0.106. The Balaban J connectivity index is 1.41. The number of hydrogen-bond acceptors (Lipinski definition) is 4. The third kappa shape index (κ3) is 6.95. The molecule has 0 spiro atoms. The van der Waals surface area contributed by atoms with Crippen LogP contribution in [-0.2, 0) is 9.53 Å². The van der Waals surface area contributed by atoms with Gasteiger partial charge in [0.15, 0.2) is 0 Å². The smallest absolute Gasteiger partial charge is 0.319 e. The van der Waals surface area contributed by atoms with Crippen LogP contribution < -0.4 is 16.0 Å². The quantitative estimate of drug-likeness (QED) is 0.544. The highest BCUT2D eigenvalue weighted by atomic mass is 19.1. The van der Waals surface area contributed by atoms with Crippen molar-refractivity contribution in [3.8, 4) is 0 Å². The summed E-state index contributed by atoms with van der Waals surface area (Å²) in [6.07, 6.45) is 6.71. The lowest BCUT2D eigenvalue weighted by Gasteiger charge is -2.36. The molecule has 8 heteroatoms. The van der Waals surface area contributed by atoms with Crippen molar-refractivity contribution in [2.45, 2.75) is 69.6 Å². The maximum atomic E-state index is 13.2. The zero-order chi connectivity index (χ0) is 21.3. The molecule has 3 rings (SSSR count). The molecule has 0 aromatic heterocycles. The SMILES string of the molecule is O=C(C[C@@H]1CC[C@H](NC(=O)Nc2cccc(F)c2)[C@H](CO)O1)NCC1CCCCC1. The van der Waals surface area contributed by atoms with Gasteiger partial charge in [-0.25, -0.2) is 9.18 Å². The van der Waals surface area contributed by atoms with Crippen LogP contribution in [0.1, 0.15) is 51.4 Å². The number of rotatable bonds is 7. The van der Waals surface area contributed by atoms with Crippen LogP contribution in [0.2, 0.25) is 0 Å². The monoisotopic (exact) mass is 421 g/mol. The number of benzene rings is 1. The molecule has 166 valence electrons. The molecule has 0 bridgehead atoms. The van der Waals surface area contributed by atoms with E-state index in [4.69, 9.17) is 4.74 Å². The number of anilines is 1. The summed E-state index contributed by atoms with van der Waals surface area (Å²) in [4.78, 5) is 24.5. The second-order valence-corrected chi connectivity index (χ2v) is 8.28. The van der Waals surface area contributed by atoms with E-state index in [9.17, 15) is 19.1 Å². The van der Waals surface area contributed by atoms with Crippen LogP contribution in [0.15, 0.2) is 24.3 Å². The topological polar surface area (TPSA) is 99.7 Å². The average molecular weight is 422 g/mol. The first-order chi connectivity index (χ1) is 14.5. The maximum absolute atomic E-state index is 13.2. The van der Waals surface area contributed by atoms with Gasteiger partial charge in [0, 0.05) is 12.2 Å². The van der Waals surface area contributed by atoms with Crippen LogP contribution in [-0.4, -0.2) is 48.4 Å². The molecule has 2 aliphatic rings. The lowest BCUT2D eigenvalue weighted by Crippen LogP contribution is -2.52. The molecule has 7 nitrogen and oxygen atoms in total. The van der Waals surface area contributed by atoms with Crippen molar-refractivity contribution in [2.24, 2.45) is 5.92 Å². The van der Waals surface area contributed by atoms with Crippen molar-refractivity contribution in [1.82, 2.24) is 10.6 Å². The van der Waals surface area contributed by atoms with Gasteiger partial charge in [0.2, 0.25) is 5.91 Å². The maximum Gasteiger partial charge on any atom is 0.319 e. The molecule has 1 aliphatic heterocycles. The summed E-state index contributed by atoms with van der Waals surface area (Å²) in [7, 11) is 0. The number of carbonyl (C=O) groups is 2. The van der Waals surface area contributed by atoms with E-state index in [1.807, 2.05) is 0 Å². The van der Waals surface area contributed by atoms with Gasteiger partial charge in [0.1, 0.15) is 11.9 Å². The first-order valence-electron chi connectivity index (χ1n) is 10.9. The highest BCUT2D eigenvalue weighted by Crippen LogP contribution is 2.24. The highest BCUT2D eigenvalue weighted by molar-refractivity contribution is 5.89. The van der Waals surface area contributed by atoms with Crippen molar-refractivity contribution < 1.29 is 23.8 Å². The molecule has 0 unspecified atom stereocenters. The summed E-state index contributed by atoms with van der Waals surface area (Å²) in [6, 6.07) is 4.75. The number of hydrogen-bond donors (Lipinski definition) is 4. The number of amides is 3. The molecule has 1 saturated heterocycles. The van der Waals surface area contributed by atoms with Crippen LogP contribution in [0.25, 0.3) is 0 Å². The van der Waals surface area contributed by atoms with Crippen molar-refractivity contribution in [2.75, 3.05) is 18.5 Å². The normalized spacial score (nSPS) is 24.8. The first kappa shape index (κ1) is 22.5. The molecule has 2 fully saturated rings. The summed E-state index contributed by atoms with van der Waals surface area (Å²) in [5, 5.41) is 18.0. The molecule has 1 aromatic carbocycles. The third-order valence-corrected chi connectivity index (χ3v) is 5.92. The Morgan fingerprint density at radius 1 is 1.13 bits per heavy atom. The predicted molar refractivity (Wildman–Crippen MR) is 112 cm³/mol. The predicted octanol–water partition coefficient (Wildman–Crippen LogP) is 2.94. The lowest BCUT2D eigenvalue weighted by molar-refractivity contribution is -0.131. The van der Waals surface area contributed by atoms with E-state index < -0.39 is 18.0 Å². The lowest BCUT2D eigenvalue weighted by atomic mass is 9.89. The summed E-state index contributed by atoms with van der Waals surface area (Å²) in [6.45, 7) is 0.463. The fraction of sp³-hybridized carbons (Fsp3) is 0.636. The fourth-order valence-corrected chi connectivity index (χ4v) is 4.28. The summed E-state index contributed by atoms with van der Waals surface area (Å²) >= 11 is 0. The number of ether oxygens (including phenoxy) is 1. The molecule has 0 radical (unpaired) electrons. The minimum atomic E-state index is -0.590. The number of nitrogens with one attached hydrogen (secondary N) is 3. The van der Waals surface area contributed by atoms with E-state index in [2.05, 4.69) is 16.0 Å². The van der Waals surface area contributed by atoms with E-state index in [-0.39, 0.29) is 31.1 Å². The number of aliphatic hydroxyl groups is 1. The van der Waals surface area contributed by atoms with Gasteiger partial charge in [-0.3, -0.25) is 4.79 Å². The molecule has 3 amide bonds. The molecular formula is C22H32FN3O4. The van der Waals surface area contributed by atoms with Crippen LogP contribution in [0.4, 0.5) is 14.9 Å². The van der Waals surface area contributed by atoms with Gasteiger partial charge in [-0.2, -0.15) is 0 Å². The Hall–Kier alpha value is -2.19. The van der Waals surface area contributed by atoms with Crippen molar-refractivity contribution >= 4 is 17.6 Å².